The van der Waals surface area contributed by atoms with Gasteiger partial charge in [-0.15, -0.1) is 11.6 Å². The predicted octanol–water partition coefficient (Wildman–Crippen LogP) is 3.20. The van der Waals surface area contributed by atoms with Gasteiger partial charge >= 0.3 is 0 Å². The van der Waals surface area contributed by atoms with Gasteiger partial charge in [-0.25, -0.2) is 0 Å². The highest BCUT2D eigenvalue weighted by Crippen LogP contribution is 2.29. The highest BCUT2D eigenvalue weighted by atomic mass is 35.5. The molecule has 0 spiro atoms. The maximum absolute atomic E-state index is 6.05. The summed E-state index contributed by atoms with van der Waals surface area (Å²) in [5.74, 6) is 0. The number of halogens is 1. The molecule has 0 aromatic carbocycles. The second kappa shape index (κ2) is 4.35. The molecule has 1 rings (SSSR count). The maximum Gasteiger partial charge on any atom is 0.0492 e. The van der Waals surface area contributed by atoms with Gasteiger partial charge < -0.3 is 0 Å². The number of hydrogen-bond donors (Lipinski definition) is 0. The molecule has 0 N–H and O–H groups in total. The number of hydrogen-bond acceptors (Lipinski definition) is 1. The number of alkyl halides is 1. The van der Waals surface area contributed by atoms with Crippen LogP contribution in [0, 0.1) is 0 Å². The van der Waals surface area contributed by atoms with E-state index < -0.39 is 0 Å². The Hall–Kier alpha value is -0.500. The Labute approximate surface area is 91.3 Å². The first kappa shape index (κ1) is 11.6. The molecule has 1 atom stereocenters. The van der Waals surface area contributed by atoms with Crippen molar-refractivity contribution >= 4 is 11.6 Å². The third-order valence-corrected chi connectivity index (χ3v) is 2.66. The van der Waals surface area contributed by atoms with Gasteiger partial charge in [-0.2, -0.15) is 5.10 Å². The molecule has 1 heterocycles. The van der Waals surface area contributed by atoms with E-state index in [9.17, 15) is 0 Å². The summed E-state index contributed by atoms with van der Waals surface area (Å²) in [5.41, 5.74) is 1.38. The lowest BCUT2D eigenvalue weighted by atomic mass is 9.84. The largest absolute Gasteiger partial charge is 0.269 e. The van der Waals surface area contributed by atoms with Gasteiger partial charge in [0, 0.05) is 29.2 Å². The fraction of sp³-hybridized carbons (Fsp3) is 0.727. The summed E-state index contributed by atoms with van der Waals surface area (Å²) in [4.78, 5) is 0. The van der Waals surface area contributed by atoms with Crippen LogP contribution in [0.4, 0.5) is 0 Å². The number of nitrogens with zero attached hydrogens (tertiary/aromatic N) is 2. The van der Waals surface area contributed by atoms with Gasteiger partial charge in [0.05, 0.1) is 0 Å². The molecule has 3 heteroatoms. The third kappa shape index (κ3) is 2.50. The third-order valence-electron chi connectivity index (χ3n) is 2.50. The Balaban J connectivity index is 2.90. The van der Waals surface area contributed by atoms with Crippen LogP contribution in [0.25, 0.3) is 0 Å². The lowest BCUT2D eigenvalue weighted by molar-refractivity contribution is 0.427. The summed E-state index contributed by atoms with van der Waals surface area (Å²) in [7, 11) is 0. The molecule has 0 aliphatic rings. The number of aryl methyl sites for hydroxylation is 1. The minimum Gasteiger partial charge on any atom is -0.269 e. The summed E-state index contributed by atoms with van der Waals surface area (Å²) in [6.45, 7) is 9.50. The first-order valence-electron chi connectivity index (χ1n) is 5.13. The Bertz CT molecular complexity index is 289. The van der Waals surface area contributed by atoms with E-state index in [0.29, 0.717) is 0 Å². The van der Waals surface area contributed by atoms with Gasteiger partial charge in [0.1, 0.15) is 0 Å². The maximum atomic E-state index is 6.05. The summed E-state index contributed by atoms with van der Waals surface area (Å²) in [5, 5.41) is 4.48. The van der Waals surface area contributed by atoms with Crippen molar-refractivity contribution in [3.63, 3.8) is 0 Å². The van der Waals surface area contributed by atoms with E-state index >= 15 is 0 Å². The molecule has 0 saturated heterocycles. The van der Waals surface area contributed by atoms with E-state index in [4.69, 9.17) is 11.6 Å². The Morgan fingerprint density at radius 3 is 2.71 bits per heavy atom. The van der Waals surface area contributed by atoms with Crippen LogP contribution in [0.15, 0.2) is 12.3 Å². The van der Waals surface area contributed by atoms with Crippen LogP contribution in [0.5, 0.6) is 0 Å². The van der Waals surface area contributed by atoms with Gasteiger partial charge in [-0.3, -0.25) is 4.68 Å². The van der Waals surface area contributed by atoms with Crippen molar-refractivity contribution in [3.8, 4) is 0 Å². The van der Waals surface area contributed by atoms with Crippen LogP contribution >= 0.6 is 11.6 Å². The van der Waals surface area contributed by atoms with Crippen molar-refractivity contribution in [3.05, 3.63) is 18.0 Å². The van der Waals surface area contributed by atoms with Gasteiger partial charge in [0.15, 0.2) is 0 Å². The van der Waals surface area contributed by atoms with Gasteiger partial charge in [-0.05, 0) is 26.3 Å². The van der Waals surface area contributed by atoms with Crippen LogP contribution in [0.3, 0.4) is 0 Å². The zero-order valence-electron chi connectivity index (χ0n) is 9.42. The summed E-state index contributed by atoms with van der Waals surface area (Å²) < 4.78 is 2.04. The van der Waals surface area contributed by atoms with Crippen molar-refractivity contribution in [2.75, 3.05) is 0 Å². The average Bonchev–Trinajstić information content (AvgIpc) is 2.48. The van der Waals surface area contributed by atoms with Crippen LogP contribution < -0.4 is 0 Å². The smallest absolute Gasteiger partial charge is 0.0492 e. The predicted molar refractivity (Wildman–Crippen MR) is 60.9 cm³/mol. The number of aromatic nitrogens is 2. The first-order valence-corrected chi connectivity index (χ1v) is 5.57. The van der Waals surface area contributed by atoms with E-state index in [1.54, 1.807) is 0 Å². The Morgan fingerprint density at radius 1 is 1.57 bits per heavy atom. The molecule has 0 amide bonds. The Kier molecular flexibility index (Phi) is 3.59. The second-order valence-electron chi connectivity index (χ2n) is 4.40. The molecule has 1 aromatic rings. The van der Waals surface area contributed by atoms with Crippen molar-refractivity contribution in [1.29, 1.82) is 0 Å². The highest BCUT2D eigenvalue weighted by molar-refractivity contribution is 6.20. The molecule has 0 radical (unpaired) electrons. The molecule has 0 fully saturated rings. The van der Waals surface area contributed by atoms with E-state index in [-0.39, 0.29) is 10.8 Å². The lowest BCUT2D eigenvalue weighted by Crippen LogP contribution is -2.24. The van der Waals surface area contributed by atoms with Crippen molar-refractivity contribution in [2.45, 2.75) is 51.5 Å². The fourth-order valence-electron chi connectivity index (χ4n) is 1.97. The molecule has 2 nitrogen and oxygen atoms in total. The molecular weight excluding hydrogens is 196 g/mol. The number of rotatable bonds is 4. The minimum atomic E-state index is 0.105. The van der Waals surface area contributed by atoms with Crippen LogP contribution in [-0.2, 0) is 12.0 Å². The molecule has 0 aliphatic heterocycles. The summed E-state index contributed by atoms with van der Waals surface area (Å²) in [6.07, 6.45) is 2.83. The van der Waals surface area contributed by atoms with Crippen LogP contribution in [0.2, 0.25) is 0 Å². The van der Waals surface area contributed by atoms with Gasteiger partial charge in [0.25, 0.3) is 0 Å². The van der Waals surface area contributed by atoms with Gasteiger partial charge in [0.2, 0.25) is 0 Å². The quantitative estimate of drug-likeness (QED) is 0.704. The van der Waals surface area contributed by atoms with Crippen molar-refractivity contribution in [2.24, 2.45) is 0 Å². The summed E-state index contributed by atoms with van der Waals surface area (Å²) >= 11 is 6.05. The van der Waals surface area contributed by atoms with Crippen LogP contribution in [-0.4, -0.2) is 15.2 Å². The zero-order chi connectivity index (χ0) is 10.8. The van der Waals surface area contributed by atoms with E-state index in [1.807, 2.05) is 17.8 Å². The van der Waals surface area contributed by atoms with Crippen molar-refractivity contribution in [1.82, 2.24) is 9.78 Å². The molecule has 0 aliphatic carbocycles. The molecule has 1 unspecified atom stereocenters. The Morgan fingerprint density at radius 2 is 2.21 bits per heavy atom. The van der Waals surface area contributed by atoms with Gasteiger partial charge in [-0.1, -0.05) is 13.8 Å². The van der Waals surface area contributed by atoms with E-state index in [1.165, 1.54) is 5.69 Å². The van der Waals surface area contributed by atoms with Crippen molar-refractivity contribution < 1.29 is 0 Å². The fourth-order valence-corrected chi connectivity index (χ4v) is 2.35. The highest BCUT2D eigenvalue weighted by Gasteiger charge is 2.25. The van der Waals surface area contributed by atoms with E-state index in [0.717, 1.165) is 13.0 Å². The zero-order valence-corrected chi connectivity index (χ0v) is 10.2. The SMILES string of the molecule is CCn1nccc1C(C)(C)CC(C)Cl. The monoisotopic (exact) mass is 214 g/mol. The lowest BCUT2D eigenvalue weighted by Gasteiger charge is -2.26. The summed E-state index contributed by atoms with van der Waals surface area (Å²) in [6, 6.07) is 2.09. The molecule has 0 saturated carbocycles. The topological polar surface area (TPSA) is 17.8 Å². The van der Waals surface area contributed by atoms with E-state index in [2.05, 4.69) is 31.9 Å². The second-order valence-corrected chi connectivity index (χ2v) is 5.15. The molecule has 0 bridgehead atoms. The standard InChI is InChI=1S/C11H19ClN2/c1-5-14-10(6-7-13-14)11(3,4)8-9(2)12/h6-7,9H,5,8H2,1-4H3. The molecule has 14 heavy (non-hydrogen) atoms. The molecule has 1 aromatic heterocycles. The molecule has 80 valence electrons. The first-order chi connectivity index (χ1) is 6.47. The normalized spacial score (nSPS) is 14.4. The molecular formula is C11H19ClN2. The average molecular weight is 215 g/mol. The van der Waals surface area contributed by atoms with Crippen LogP contribution in [0.1, 0.15) is 39.8 Å². The minimum absolute atomic E-state index is 0.105.